The van der Waals surface area contributed by atoms with Crippen LogP contribution in [0.5, 0.6) is 0 Å². The van der Waals surface area contributed by atoms with Crippen molar-refractivity contribution in [1.82, 2.24) is 9.80 Å². The van der Waals surface area contributed by atoms with Gasteiger partial charge in [-0.15, -0.1) is 0 Å². The summed E-state index contributed by atoms with van der Waals surface area (Å²) in [7, 11) is 0. The molecule has 2 aliphatic rings. The Labute approximate surface area is 121 Å². The van der Waals surface area contributed by atoms with Crippen LogP contribution in [0.1, 0.15) is 26.7 Å². The molecule has 2 fully saturated rings. The number of ether oxygens (including phenoxy) is 1. The molecule has 2 heterocycles. The summed E-state index contributed by atoms with van der Waals surface area (Å²) in [5.74, 6) is 1.21. The Bertz CT molecular complexity index is 372. The van der Waals surface area contributed by atoms with Crippen LogP contribution in [0.4, 0.5) is 0 Å². The molecule has 0 saturated carbocycles. The van der Waals surface area contributed by atoms with E-state index in [9.17, 15) is 4.79 Å². The summed E-state index contributed by atoms with van der Waals surface area (Å²) < 4.78 is 5.50. The van der Waals surface area contributed by atoms with Crippen LogP contribution in [0.3, 0.4) is 0 Å². The molecule has 6 heteroatoms. The van der Waals surface area contributed by atoms with Crippen LogP contribution in [-0.2, 0) is 9.53 Å². The minimum atomic E-state index is 0.161. The maximum Gasteiger partial charge on any atom is 0.219 e. The van der Waals surface area contributed by atoms with Gasteiger partial charge >= 0.3 is 0 Å². The third-order valence-electron chi connectivity index (χ3n) is 4.04. The molecule has 0 aliphatic carbocycles. The number of aliphatic imine (C=N–C) groups is 1. The first kappa shape index (κ1) is 15.1. The lowest BCUT2D eigenvalue weighted by atomic mass is 9.98. The van der Waals surface area contributed by atoms with Crippen molar-refractivity contribution >= 4 is 11.9 Å². The van der Waals surface area contributed by atoms with E-state index in [1.54, 1.807) is 6.92 Å². The van der Waals surface area contributed by atoms with Gasteiger partial charge in [-0.05, 0) is 25.7 Å². The number of nitrogens with two attached hydrogens (primary N) is 1. The highest BCUT2D eigenvalue weighted by molar-refractivity contribution is 5.78. The summed E-state index contributed by atoms with van der Waals surface area (Å²) >= 11 is 0. The van der Waals surface area contributed by atoms with E-state index in [2.05, 4.69) is 9.89 Å². The van der Waals surface area contributed by atoms with Crippen molar-refractivity contribution in [1.29, 1.82) is 0 Å². The van der Waals surface area contributed by atoms with Crippen LogP contribution in [0.2, 0.25) is 0 Å². The predicted octanol–water partition coefficient (Wildman–Crippen LogP) is 0.280. The minimum absolute atomic E-state index is 0.161. The maximum atomic E-state index is 11.4. The van der Waals surface area contributed by atoms with Gasteiger partial charge in [-0.1, -0.05) is 0 Å². The van der Waals surface area contributed by atoms with Crippen LogP contribution in [0.25, 0.3) is 0 Å². The number of hydrogen-bond donors (Lipinski definition) is 1. The quantitative estimate of drug-likeness (QED) is 0.583. The van der Waals surface area contributed by atoms with Crippen LogP contribution >= 0.6 is 0 Å². The molecule has 0 spiro atoms. The maximum absolute atomic E-state index is 11.4. The number of morpholine rings is 1. The highest BCUT2D eigenvalue weighted by atomic mass is 16.5. The van der Waals surface area contributed by atoms with Gasteiger partial charge in [0.2, 0.25) is 5.91 Å². The second-order valence-corrected chi connectivity index (χ2v) is 5.80. The van der Waals surface area contributed by atoms with Crippen LogP contribution in [0, 0.1) is 5.92 Å². The molecule has 2 aliphatic heterocycles. The predicted molar refractivity (Wildman–Crippen MR) is 78.5 cm³/mol. The van der Waals surface area contributed by atoms with Crippen molar-refractivity contribution in [3.05, 3.63) is 0 Å². The van der Waals surface area contributed by atoms with E-state index < -0.39 is 0 Å². The van der Waals surface area contributed by atoms with Crippen molar-refractivity contribution in [2.24, 2.45) is 16.6 Å². The fourth-order valence-corrected chi connectivity index (χ4v) is 2.85. The van der Waals surface area contributed by atoms with Crippen molar-refractivity contribution in [3.8, 4) is 0 Å². The Hall–Kier alpha value is -1.30. The van der Waals surface area contributed by atoms with E-state index in [1.165, 1.54) is 0 Å². The Morgan fingerprint density at radius 1 is 1.35 bits per heavy atom. The number of nitrogens with zero attached hydrogens (tertiary/aromatic N) is 3. The van der Waals surface area contributed by atoms with E-state index in [4.69, 9.17) is 10.5 Å². The lowest BCUT2D eigenvalue weighted by Gasteiger charge is -2.33. The monoisotopic (exact) mass is 282 g/mol. The summed E-state index contributed by atoms with van der Waals surface area (Å²) in [4.78, 5) is 19.9. The molecule has 20 heavy (non-hydrogen) atoms. The molecule has 0 bridgehead atoms. The van der Waals surface area contributed by atoms with E-state index in [0.29, 0.717) is 25.0 Å². The molecule has 0 aromatic heterocycles. The summed E-state index contributed by atoms with van der Waals surface area (Å²) in [6, 6.07) is 0. The molecule has 1 amide bonds. The SMILES string of the molecule is CC(=O)N1CCCC(CN=C(N)N2CCOC(C)C2)C1. The normalized spacial score (nSPS) is 28.6. The van der Waals surface area contributed by atoms with Crippen LogP contribution < -0.4 is 5.73 Å². The molecule has 2 saturated heterocycles. The topological polar surface area (TPSA) is 71.2 Å². The van der Waals surface area contributed by atoms with Crippen molar-refractivity contribution in [2.75, 3.05) is 39.3 Å². The average molecular weight is 282 g/mol. The third kappa shape index (κ3) is 4.10. The molecular weight excluding hydrogens is 256 g/mol. The molecule has 114 valence electrons. The highest BCUT2D eigenvalue weighted by Crippen LogP contribution is 2.17. The number of carbonyl (C=O) groups excluding carboxylic acids is 1. The number of amides is 1. The Morgan fingerprint density at radius 3 is 2.85 bits per heavy atom. The molecule has 0 aromatic carbocycles. The number of rotatable bonds is 2. The fraction of sp³-hybridized carbons (Fsp3) is 0.857. The van der Waals surface area contributed by atoms with Crippen molar-refractivity contribution in [2.45, 2.75) is 32.8 Å². The third-order valence-corrected chi connectivity index (χ3v) is 4.04. The molecule has 2 rings (SSSR count). The van der Waals surface area contributed by atoms with E-state index in [1.807, 2.05) is 11.8 Å². The molecule has 6 nitrogen and oxygen atoms in total. The standard InChI is InChI=1S/C14H26N4O2/c1-11-9-18(6-7-20-11)14(15)16-8-13-4-3-5-17(10-13)12(2)19/h11,13H,3-10H2,1-2H3,(H2,15,16). The second kappa shape index (κ2) is 6.92. The van der Waals surface area contributed by atoms with E-state index >= 15 is 0 Å². The summed E-state index contributed by atoms with van der Waals surface area (Å²) in [6.07, 6.45) is 2.40. The van der Waals surface area contributed by atoms with Crippen LogP contribution in [0.15, 0.2) is 4.99 Å². The zero-order valence-corrected chi connectivity index (χ0v) is 12.5. The number of likely N-dealkylation sites (tertiary alicyclic amines) is 1. The lowest BCUT2D eigenvalue weighted by molar-refractivity contribution is -0.130. The Morgan fingerprint density at radius 2 is 2.15 bits per heavy atom. The zero-order chi connectivity index (χ0) is 14.5. The van der Waals surface area contributed by atoms with Gasteiger partial charge < -0.3 is 20.3 Å². The number of piperidine rings is 1. The number of guanidine groups is 1. The average Bonchev–Trinajstić information content (AvgIpc) is 2.45. The summed E-state index contributed by atoms with van der Waals surface area (Å²) in [6.45, 7) is 8.40. The van der Waals surface area contributed by atoms with Gasteiger partial charge in [0.1, 0.15) is 0 Å². The van der Waals surface area contributed by atoms with Gasteiger partial charge in [-0.3, -0.25) is 9.79 Å². The lowest BCUT2D eigenvalue weighted by Crippen LogP contribution is -2.48. The molecule has 0 aromatic rings. The smallest absolute Gasteiger partial charge is 0.219 e. The van der Waals surface area contributed by atoms with Gasteiger partial charge in [0.15, 0.2) is 5.96 Å². The summed E-state index contributed by atoms with van der Waals surface area (Å²) in [5, 5.41) is 0. The van der Waals surface area contributed by atoms with Crippen molar-refractivity contribution < 1.29 is 9.53 Å². The van der Waals surface area contributed by atoms with Crippen molar-refractivity contribution in [3.63, 3.8) is 0 Å². The van der Waals surface area contributed by atoms with Crippen LogP contribution in [-0.4, -0.2) is 67.1 Å². The molecule has 0 radical (unpaired) electrons. The molecule has 2 atom stereocenters. The fourth-order valence-electron chi connectivity index (χ4n) is 2.85. The van der Waals surface area contributed by atoms with Gasteiger partial charge in [0.05, 0.1) is 12.7 Å². The van der Waals surface area contributed by atoms with Gasteiger partial charge in [-0.2, -0.15) is 0 Å². The first-order chi connectivity index (χ1) is 9.56. The zero-order valence-electron chi connectivity index (χ0n) is 12.5. The van der Waals surface area contributed by atoms with Gasteiger partial charge in [0.25, 0.3) is 0 Å². The number of carbonyl (C=O) groups is 1. The molecular formula is C14H26N4O2. The molecule has 2 N–H and O–H groups in total. The number of hydrogen-bond acceptors (Lipinski definition) is 3. The highest BCUT2D eigenvalue weighted by Gasteiger charge is 2.22. The largest absolute Gasteiger partial charge is 0.375 e. The second-order valence-electron chi connectivity index (χ2n) is 5.80. The first-order valence-electron chi connectivity index (χ1n) is 7.48. The van der Waals surface area contributed by atoms with E-state index in [-0.39, 0.29) is 12.0 Å². The van der Waals surface area contributed by atoms with E-state index in [0.717, 1.165) is 39.0 Å². The van der Waals surface area contributed by atoms with Gasteiger partial charge in [-0.25, -0.2) is 0 Å². The minimum Gasteiger partial charge on any atom is -0.375 e. The Balaban J connectivity index is 1.83. The first-order valence-corrected chi connectivity index (χ1v) is 7.48. The Kier molecular flexibility index (Phi) is 5.23. The van der Waals surface area contributed by atoms with Gasteiger partial charge in [0, 0.05) is 39.6 Å². The summed E-state index contributed by atoms with van der Waals surface area (Å²) in [5.41, 5.74) is 6.06. The molecule has 2 unspecified atom stereocenters.